The highest BCUT2D eigenvalue weighted by atomic mass is 16.8. The molecule has 0 spiro atoms. The summed E-state index contributed by atoms with van der Waals surface area (Å²) in [5.74, 6) is -4.80. The van der Waals surface area contributed by atoms with E-state index in [9.17, 15) is 157 Å². The van der Waals surface area contributed by atoms with Gasteiger partial charge in [0.2, 0.25) is 29.5 Å². The lowest BCUT2D eigenvalue weighted by molar-refractivity contribution is -0.408. The van der Waals surface area contributed by atoms with Crippen molar-refractivity contribution in [3.8, 4) is 0 Å². The molecule has 0 saturated carbocycles. The zero-order valence-corrected chi connectivity index (χ0v) is 67.7. The molecule has 0 aromatic carbocycles. The largest absolute Gasteiger partial charge is 0.394 e. The number of hydrogen-bond acceptors (Lipinski definition) is 50. The van der Waals surface area contributed by atoms with Crippen LogP contribution in [0.5, 0.6) is 0 Å². The third kappa shape index (κ3) is 23.1. The van der Waals surface area contributed by atoms with Gasteiger partial charge in [-0.25, -0.2) is 0 Å². The van der Waals surface area contributed by atoms with Crippen molar-refractivity contribution in [2.75, 3.05) is 59.5 Å². The van der Waals surface area contributed by atoms with Crippen molar-refractivity contribution in [3.63, 3.8) is 0 Å². The SMILES string of the molecule is CC(=O)N[C@@H]1[C@@H](O)[C@H](O[C@@H]2O[C@H](CO)[C@@H](O[C@@H]3O[C@H](CO[C@H]4O[C@H](CO)[C@@H](O)[C@H](O)[C@@H]4O[C@@H]4O[C@H](CO)[C@@H](O)[C@H](O)[C@H]4NC(C)=O)[C@@H](O[C@@H]4O[C@H](CO)[C@@H](O)[C@H](O)[C@H]4NC(C)=O)[C@H](O[C@H]4O[C@H](CO)[C@@H](O)[C@H](O)[C@@H]4O[C@@H]4O[C@H](CO)[C@@H](O[C@@H]5O[C@H](CO)[C@H](O)[C@H](O)[C@H]5O)[C@H](O)[C@H]4NC(C)=O)[C@@H]3O)[C@H](O)[C@H]2NC(C)=O)[C@@H](CO[C@@H]2O[C@@H](C)[C@@H](O)[C@@H](O)[C@@H]2O)O[C@H]1O. The average Bonchev–Trinajstić information content (AvgIpc) is 0.763. The van der Waals surface area contributed by atoms with Crippen LogP contribution in [0, 0.1) is 0 Å². The van der Waals surface area contributed by atoms with Gasteiger partial charge in [0.05, 0.1) is 65.6 Å². The van der Waals surface area contributed by atoms with Gasteiger partial charge in [-0.2, -0.15) is 0 Å². The maximum absolute atomic E-state index is 13.4. The molecule has 31 N–H and O–H groups in total. The van der Waals surface area contributed by atoms with Crippen LogP contribution < -0.4 is 26.6 Å². The monoisotopic (exact) mass is 1830 g/mol. The van der Waals surface area contributed by atoms with Crippen molar-refractivity contribution in [3.05, 3.63) is 0 Å². The predicted molar refractivity (Wildman–Crippen MR) is 386 cm³/mol. The molecule has 10 heterocycles. The summed E-state index contributed by atoms with van der Waals surface area (Å²) in [6.07, 6.45) is -96.0. The van der Waals surface area contributed by atoms with Crippen molar-refractivity contribution in [2.24, 2.45) is 0 Å². The van der Waals surface area contributed by atoms with Crippen LogP contribution >= 0.6 is 0 Å². The summed E-state index contributed by atoms with van der Waals surface area (Å²) in [5, 5.41) is 305. The molecule has 10 fully saturated rings. The Morgan fingerprint density at radius 3 is 0.904 bits per heavy atom. The number of ether oxygens (including phenoxy) is 19. The Kier molecular flexibility index (Phi) is 36.8. The second kappa shape index (κ2) is 44.9. The fourth-order valence-electron chi connectivity index (χ4n) is 16.2. The molecule has 722 valence electrons. The minimum absolute atomic E-state index is 0.864. The van der Waals surface area contributed by atoms with E-state index in [2.05, 4.69) is 26.6 Å². The van der Waals surface area contributed by atoms with E-state index in [4.69, 9.17) is 90.0 Å². The van der Waals surface area contributed by atoms with Gasteiger partial charge in [-0.05, 0) is 6.92 Å². The van der Waals surface area contributed by atoms with Crippen LogP contribution in [0.4, 0.5) is 0 Å². The first-order chi connectivity index (χ1) is 59.1. The highest BCUT2D eigenvalue weighted by Crippen LogP contribution is 2.42. The smallest absolute Gasteiger partial charge is 0.217 e. The fourth-order valence-corrected chi connectivity index (χ4v) is 16.2. The number of rotatable bonds is 32. The number of hydrogen-bond donors (Lipinski definition) is 31. The van der Waals surface area contributed by atoms with Gasteiger partial charge < -0.3 is 249 Å². The van der Waals surface area contributed by atoms with Crippen LogP contribution in [0.1, 0.15) is 41.5 Å². The second-order valence-corrected chi connectivity index (χ2v) is 31.7. The van der Waals surface area contributed by atoms with Gasteiger partial charge in [-0.3, -0.25) is 24.0 Å². The molecule has 0 aliphatic carbocycles. The number of aliphatic hydroxyl groups excluding tert-OH is 26. The lowest BCUT2D eigenvalue weighted by Gasteiger charge is -2.52. The first-order valence-electron chi connectivity index (χ1n) is 40.0. The minimum atomic E-state index is -2.78. The van der Waals surface area contributed by atoms with Crippen molar-refractivity contribution < 1.29 is 247 Å². The molecule has 0 aromatic rings. The highest BCUT2D eigenvalue weighted by molar-refractivity contribution is 5.75. The summed E-state index contributed by atoms with van der Waals surface area (Å²) in [7, 11) is 0. The maximum atomic E-state index is 13.4. The van der Waals surface area contributed by atoms with E-state index in [1.807, 2.05) is 0 Å². The van der Waals surface area contributed by atoms with E-state index in [0.717, 1.165) is 34.6 Å². The number of aliphatic hydroxyl groups is 26. The quantitative estimate of drug-likeness (QED) is 0.0297. The van der Waals surface area contributed by atoms with Crippen molar-refractivity contribution in [1.29, 1.82) is 0 Å². The number of carbonyl (C=O) groups is 5. The topological polar surface area (TPSA) is 847 Å². The lowest BCUT2D eigenvalue weighted by atomic mass is 9.93. The summed E-state index contributed by atoms with van der Waals surface area (Å²) in [6, 6.07) is -9.78. The molecule has 0 bridgehead atoms. The number of amides is 5. The first kappa shape index (κ1) is 103. The van der Waals surface area contributed by atoms with Crippen LogP contribution in [0.3, 0.4) is 0 Å². The van der Waals surface area contributed by atoms with E-state index in [0.29, 0.717) is 0 Å². The van der Waals surface area contributed by atoms with Crippen LogP contribution in [0.2, 0.25) is 0 Å². The van der Waals surface area contributed by atoms with E-state index >= 15 is 0 Å². The molecular weight excluding hydrogens is 1710 g/mol. The van der Waals surface area contributed by atoms with Gasteiger partial charge in [-0.15, -0.1) is 0 Å². The minimum Gasteiger partial charge on any atom is -0.394 e. The lowest BCUT2D eigenvalue weighted by Crippen LogP contribution is -2.71. The Morgan fingerprint density at radius 1 is 0.224 bits per heavy atom. The standard InChI is InChI=1S/C70H117N5O50/c1-16-36(88)47(99)51(103)66(109-16)107-14-29-56(44(96)31(61(106)110-29)71-17(2)83)119-64-34(74-20(5)86)45(97)55(28(13-82)116-64)121-68-53(105)58(123-70-60(50(102)41(93)26(11-80)115-70)125-65-35(75-21(6)87)46(98)54(27(12-81)117-65)120-67-52(104)48(100)39(91)24(9-78)113-67)57(122-62-32(72-18(3)84)42(94)37(89)22(7-76)111-62)30(118-68)15-108-69-59(49(101)40(92)25(10-79)114-69)124-63-33(73-19(4)85)43(95)38(90)23(8-77)112-63/h16,22-70,76-82,88-106H,7-15H2,1-6H3,(H,71,83)(H,72,84)(H,73,85)(H,74,86)(H,75,87)/t16-,22+,23+,24+,25+,26+,27+,28+,29+,30+,31+,32+,33+,34+,35+,36+,37+,38+,39-,40+,41+,42+,43+,44+,45+,46+,47+,48-,49-,50-,51-,52+,53-,54+,55+,56+,57+,58+,59-,60-,61+,62-,63-,64-,65-,66+,67-,68-,69-,70+/m0/s1. The molecule has 5 amide bonds. The van der Waals surface area contributed by atoms with Gasteiger partial charge in [0.25, 0.3) is 0 Å². The molecule has 10 aliphatic rings. The Hall–Kier alpha value is -4.45. The Labute approximate surface area is 708 Å². The summed E-state index contributed by atoms with van der Waals surface area (Å²) < 4.78 is 116. The third-order valence-electron chi connectivity index (χ3n) is 22.8. The summed E-state index contributed by atoms with van der Waals surface area (Å²) >= 11 is 0. The van der Waals surface area contributed by atoms with Crippen LogP contribution in [0.25, 0.3) is 0 Å². The molecule has 0 unspecified atom stereocenters. The second-order valence-electron chi connectivity index (χ2n) is 31.7. The molecular formula is C70H117N5O50. The molecule has 0 radical (unpaired) electrons. The summed E-state index contributed by atoms with van der Waals surface area (Å²) in [6.45, 7) is -4.42. The van der Waals surface area contributed by atoms with E-state index in [1.165, 1.54) is 6.92 Å². The maximum Gasteiger partial charge on any atom is 0.217 e. The van der Waals surface area contributed by atoms with Gasteiger partial charge in [0.1, 0.15) is 238 Å². The van der Waals surface area contributed by atoms with E-state index < -0.39 is 396 Å². The van der Waals surface area contributed by atoms with Crippen molar-refractivity contribution in [1.82, 2.24) is 26.6 Å². The molecule has 125 heavy (non-hydrogen) atoms. The molecule has 55 heteroatoms. The molecule has 10 saturated heterocycles. The average molecular weight is 1830 g/mol. The number of nitrogens with one attached hydrogen (secondary N) is 5. The molecule has 10 aliphatic heterocycles. The van der Waals surface area contributed by atoms with Gasteiger partial charge in [0, 0.05) is 34.6 Å². The Bertz CT molecular complexity index is 3420. The van der Waals surface area contributed by atoms with Gasteiger partial charge >= 0.3 is 0 Å². The summed E-state index contributed by atoms with van der Waals surface area (Å²) in [4.78, 5) is 65.0. The van der Waals surface area contributed by atoms with Gasteiger partial charge in [-0.1, -0.05) is 0 Å². The number of carbonyl (C=O) groups excluding carboxylic acids is 5. The predicted octanol–water partition coefficient (Wildman–Crippen LogP) is -21.1. The van der Waals surface area contributed by atoms with Crippen molar-refractivity contribution in [2.45, 2.75) is 348 Å². The highest BCUT2D eigenvalue weighted by Gasteiger charge is 2.62. The van der Waals surface area contributed by atoms with Crippen LogP contribution in [-0.4, -0.2) is 529 Å². The molecule has 50 atom stereocenters. The molecule has 10 rings (SSSR count). The zero-order chi connectivity index (χ0) is 92.1. The van der Waals surface area contributed by atoms with Crippen LogP contribution in [0.15, 0.2) is 0 Å². The van der Waals surface area contributed by atoms with E-state index in [1.54, 1.807) is 0 Å². The van der Waals surface area contributed by atoms with Crippen molar-refractivity contribution >= 4 is 29.5 Å². The normalized spacial score (nSPS) is 48.7. The Balaban J connectivity index is 1.08. The summed E-state index contributed by atoms with van der Waals surface area (Å²) in [5.41, 5.74) is 0. The zero-order valence-electron chi connectivity index (χ0n) is 67.7. The van der Waals surface area contributed by atoms with Crippen LogP contribution in [-0.2, 0) is 114 Å². The first-order valence-corrected chi connectivity index (χ1v) is 40.0. The third-order valence-corrected chi connectivity index (χ3v) is 22.8. The fraction of sp³-hybridized carbons (Fsp3) is 0.929. The van der Waals surface area contributed by atoms with E-state index in [-0.39, 0.29) is 0 Å². The van der Waals surface area contributed by atoms with Gasteiger partial charge in [0.15, 0.2) is 62.9 Å². The molecule has 55 nitrogen and oxygen atoms in total. The Morgan fingerprint density at radius 2 is 0.488 bits per heavy atom. The molecule has 0 aromatic heterocycles.